The van der Waals surface area contributed by atoms with Gasteiger partial charge >= 0.3 is 0 Å². The molecule has 0 aromatic carbocycles. The number of ether oxygens (including phenoxy) is 2. The van der Waals surface area contributed by atoms with Crippen molar-refractivity contribution >= 4 is 23.3 Å². The summed E-state index contributed by atoms with van der Waals surface area (Å²) in [6.07, 6.45) is 10.6. The van der Waals surface area contributed by atoms with Gasteiger partial charge in [0.05, 0.1) is 7.11 Å². The van der Waals surface area contributed by atoms with Crippen LogP contribution in [0.4, 0.5) is 5.82 Å². The summed E-state index contributed by atoms with van der Waals surface area (Å²) in [5.74, 6) is 1.41. The Morgan fingerprint density at radius 3 is 2.63 bits per heavy atom. The van der Waals surface area contributed by atoms with E-state index in [0.717, 1.165) is 23.8 Å². The molecule has 2 fully saturated rings. The molecule has 2 aliphatic rings. The number of H-pyrrole nitrogens is 1. The first-order valence-corrected chi connectivity index (χ1v) is 9.04. The van der Waals surface area contributed by atoms with Gasteiger partial charge in [-0.15, -0.1) is 0 Å². The van der Waals surface area contributed by atoms with Crippen LogP contribution in [0.3, 0.4) is 0 Å². The van der Waals surface area contributed by atoms with Gasteiger partial charge in [-0.3, -0.25) is 4.79 Å². The molecule has 0 atom stereocenters. The molecule has 0 unspecified atom stereocenters. The van der Waals surface area contributed by atoms with Crippen molar-refractivity contribution < 1.29 is 14.3 Å². The third-order valence-corrected chi connectivity index (χ3v) is 4.14. The van der Waals surface area contributed by atoms with Gasteiger partial charge in [-0.05, 0) is 25.0 Å². The van der Waals surface area contributed by atoms with E-state index in [1.807, 2.05) is 12.3 Å². The monoisotopic (exact) mass is 367 g/mol. The molecule has 0 aliphatic heterocycles. The Bertz CT molecular complexity index is 947. The Kier molecular flexibility index (Phi) is 4.86. The standard InChI is InChI=1S/C16H15N5O3.C3H6/c1-23-15-13(16(19-7-18-15)24-9-2-3-9)11-6-17-14-10(11)4-5-12(21-14)20-8-22;1-2-3-1/h4-9H,2-3H2,1H3,(H2,17,20,21,22);1-3H2. The number of hydrogen-bond donors (Lipinski definition) is 2. The molecule has 3 aromatic heterocycles. The SMILES string of the molecule is C1CC1.COc1ncnc(OC2CC2)c1-c1c[nH]c2nc(NC=O)ccc12. The first kappa shape index (κ1) is 17.3. The Balaban J connectivity index is 0.000000547. The van der Waals surface area contributed by atoms with Gasteiger partial charge < -0.3 is 19.8 Å². The number of nitrogens with zero attached hydrogens (tertiary/aromatic N) is 3. The van der Waals surface area contributed by atoms with Crippen molar-refractivity contribution in [1.82, 2.24) is 19.9 Å². The zero-order chi connectivity index (χ0) is 18.6. The molecule has 8 nitrogen and oxygen atoms in total. The van der Waals surface area contributed by atoms with Crippen LogP contribution >= 0.6 is 0 Å². The van der Waals surface area contributed by atoms with Gasteiger partial charge in [0.1, 0.15) is 29.5 Å². The molecule has 8 heteroatoms. The van der Waals surface area contributed by atoms with Gasteiger partial charge in [0, 0.05) is 17.1 Å². The van der Waals surface area contributed by atoms with E-state index in [-0.39, 0.29) is 6.10 Å². The van der Waals surface area contributed by atoms with Crippen LogP contribution in [-0.2, 0) is 4.79 Å². The maximum absolute atomic E-state index is 10.6. The predicted octanol–water partition coefficient (Wildman–Crippen LogP) is 3.31. The summed E-state index contributed by atoms with van der Waals surface area (Å²) in [6.45, 7) is 0. The molecule has 3 heterocycles. The van der Waals surface area contributed by atoms with Gasteiger partial charge in [0.25, 0.3) is 0 Å². The van der Waals surface area contributed by atoms with Crippen molar-refractivity contribution in [1.29, 1.82) is 0 Å². The van der Waals surface area contributed by atoms with Gasteiger partial charge in [-0.1, -0.05) is 19.3 Å². The topological polar surface area (TPSA) is 102 Å². The molecule has 2 N–H and O–H groups in total. The number of anilines is 1. The molecule has 2 saturated carbocycles. The Morgan fingerprint density at radius 2 is 1.96 bits per heavy atom. The molecule has 0 spiro atoms. The second-order valence-electron chi connectivity index (χ2n) is 6.50. The van der Waals surface area contributed by atoms with E-state index in [1.54, 1.807) is 13.2 Å². The Hall–Kier alpha value is -3.16. The smallest absolute Gasteiger partial charge is 0.228 e. The second kappa shape index (κ2) is 7.61. The molecule has 140 valence electrons. The third-order valence-electron chi connectivity index (χ3n) is 4.14. The molecular weight excluding hydrogens is 346 g/mol. The molecule has 0 saturated heterocycles. The molecule has 5 rings (SSSR count). The molecule has 2 aliphatic carbocycles. The van der Waals surface area contributed by atoms with Crippen LogP contribution < -0.4 is 14.8 Å². The van der Waals surface area contributed by atoms with Crippen LogP contribution in [-0.4, -0.2) is 39.6 Å². The number of aromatic nitrogens is 4. The van der Waals surface area contributed by atoms with E-state index in [1.165, 1.54) is 25.6 Å². The van der Waals surface area contributed by atoms with Crippen LogP contribution in [0.15, 0.2) is 24.7 Å². The van der Waals surface area contributed by atoms with E-state index in [2.05, 4.69) is 25.3 Å². The lowest BCUT2D eigenvalue weighted by atomic mass is 10.1. The molecular formula is C19H21N5O3. The third kappa shape index (κ3) is 3.99. The fourth-order valence-corrected chi connectivity index (χ4v) is 2.52. The first-order valence-electron chi connectivity index (χ1n) is 9.04. The minimum Gasteiger partial charge on any atom is -0.480 e. The van der Waals surface area contributed by atoms with Gasteiger partial charge in [0.2, 0.25) is 18.2 Å². The zero-order valence-electron chi connectivity index (χ0n) is 15.1. The molecule has 27 heavy (non-hydrogen) atoms. The summed E-state index contributed by atoms with van der Waals surface area (Å²) < 4.78 is 11.3. The van der Waals surface area contributed by atoms with Crippen LogP contribution in [0.1, 0.15) is 32.1 Å². The number of hydrogen-bond acceptors (Lipinski definition) is 6. The predicted molar refractivity (Wildman–Crippen MR) is 101 cm³/mol. The lowest BCUT2D eigenvalue weighted by Crippen LogP contribution is -2.03. The summed E-state index contributed by atoms with van der Waals surface area (Å²) in [5.41, 5.74) is 2.17. The summed E-state index contributed by atoms with van der Waals surface area (Å²) in [4.78, 5) is 26.5. The molecule has 0 radical (unpaired) electrons. The fraction of sp³-hybridized carbons (Fsp3) is 0.368. The average molecular weight is 367 g/mol. The van der Waals surface area contributed by atoms with Crippen molar-refractivity contribution in [3.63, 3.8) is 0 Å². The maximum atomic E-state index is 10.6. The second-order valence-corrected chi connectivity index (χ2v) is 6.50. The number of amides is 1. The highest BCUT2D eigenvalue weighted by molar-refractivity contribution is 5.97. The highest BCUT2D eigenvalue weighted by atomic mass is 16.5. The van der Waals surface area contributed by atoms with Crippen molar-refractivity contribution in [3.05, 3.63) is 24.7 Å². The molecule has 3 aromatic rings. The quantitative estimate of drug-likeness (QED) is 0.648. The van der Waals surface area contributed by atoms with E-state index in [0.29, 0.717) is 35.2 Å². The van der Waals surface area contributed by atoms with E-state index in [9.17, 15) is 4.79 Å². The fourth-order valence-electron chi connectivity index (χ4n) is 2.52. The van der Waals surface area contributed by atoms with E-state index < -0.39 is 0 Å². The maximum Gasteiger partial charge on any atom is 0.228 e. The average Bonchev–Trinajstić information content (AvgIpc) is 3.60. The number of rotatable bonds is 6. The summed E-state index contributed by atoms with van der Waals surface area (Å²) in [7, 11) is 1.56. The highest BCUT2D eigenvalue weighted by Crippen LogP contribution is 2.41. The highest BCUT2D eigenvalue weighted by Gasteiger charge is 2.28. The summed E-state index contributed by atoms with van der Waals surface area (Å²) >= 11 is 0. The zero-order valence-corrected chi connectivity index (χ0v) is 15.1. The van der Waals surface area contributed by atoms with Crippen LogP contribution in [0, 0.1) is 0 Å². The Morgan fingerprint density at radius 1 is 1.19 bits per heavy atom. The number of carbonyl (C=O) groups is 1. The normalized spacial score (nSPS) is 14.9. The van der Waals surface area contributed by atoms with Gasteiger partial charge in [-0.25, -0.2) is 15.0 Å². The number of pyridine rings is 1. The number of nitrogens with one attached hydrogen (secondary N) is 2. The number of fused-ring (bicyclic) bond motifs is 1. The molecule has 1 amide bonds. The van der Waals surface area contributed by atoms with Crippen molar-refractivity contribution in [3.8, 4) is 22.9 Å². The van der Waals surface area contributed by atoms with E-state index >= 15 is 0 Å². The number of aromatic amines is 1. The lowest BCUT2D eigenvalue weighted by molar-refractivity contribution is -0.105. The Labute approximate surface area is 156 Å². The van der Waals surface area contributed by atoms with Gasteiger partial charge in [0.15, 0.2) is 0 Å². The van der Waals surface area contributed by atoms with Crippen molar-refractivity contribution in [2.24, 2.45) is 0 Å². The van der Waals surface area contributed by atoms with Gasteiger partial charge in [-0.2, -0.15) is 0 Å². The number of methoxy groups -OCH3 is 1. The van der Waals surface area contributed by atoms with Crippen molar-refractivity contribution in [2.45, 2.75) is 38.2 Å². The summed E-state index contributed by atoms with van der Waals surface area (Å²) in [5, 5.41) is 3.39. The lowest BCUT2D eigenvalue weighted by Gasteiger charge is -2.12. The van der Waals surface area contributed by atoms with Crippen LogP contribution in [0.5, 0.6) is 11.8 Å². The minimum absolute atomic E-state index is 0.204. The summed E-state index contributed by atoms with van der Waals surface area (Å²) in [6, 6.07) is 3.60. The molecule has 0 bridgehead atoms. The van der Waals surface area contributed by atoms with Crippen LogP contribution in [0.2, 0.25) is 0 Å². The largest absolute Gasteiger partial charge is 0.480 e. The van der Waals surface area contributed by atoms with E-state index in [4.69, 9.17) is 9.47 Å². The first-order chi connectivity index (χ1) is 13.3. The number of carbonyl (C=O) groups excluding carboxylic acids is 1. The van der Waals surface area contributed by atoms with Crippen molar-refractivity contribution in [2.75, 3.05) is 12.4 Å². The minimum atomic E-state index is 0.204. The van der Waals surface area contributed by atoms with Crippen LogP contribution in [0.25, 0.3) is 22.2 Å².